The zero-order chi connectivity index (χ0) is 26.6. The van der Waals surface area contributed by atoms with Crippen LogP contribution in [0.1, 0.15) is 30.4 Å². The number of hydrogen-bond donors (Lipinski definition) is 2. The number of hydrogen-bond acceptors (Lipinski definition) is 5. The van der Waals surface area contributed by atoms with Gasteiger partial charge in [0, 0.05) is 31.0 Å². The SMILES string of the molecule is COc1ccc(CNc2nc(-c3ccc(CCCCC(=O)O)cc3)nc3c2c2ccccc2n3C)cc1Cl. The van der Waals surface area contributed by atoms with Crippen molar-refractivity contribution in [2.75, 3.05) is 12.4 Å². The fraction of sp³-hybridized carbons (Fsp3) is 0.233. The number of rotatable bonds is 10. The number of nitrogens with one attached hydrogen (secondary N) is 1. The predicted octanol–water partition coefficient (Wildman–Crippen LogP) is 6.86. The first kappa shape index (κ1) is 25.5. The molecule has 2 aromatic heterocycles. The van der Waals surface area contributed by atoms with E-state index in [1.165, 1.54) is 5.56 Å². The van der Waals surface area contributed by atoms with E-state index in [0.717, 1.165) is 51.7 Å². The topological polar surface area (TPSA) is 89.3 Å². The van der Waals surface area contributed by atoms with Crippen molar-refractivity contribution in [3.05, 3.63) is 82.9 Å². The van der Waals surface area contributed by atoms with Gasteiger partial charge in [-0.15, -0.1) is 0 Å². The van der Waals surface area contributed by atoms with E-state index in [9.17, 15) is 4.79 Å². The third-order valence-corrected chi connectivity index (χ3v) is 7.03. The van der Waals surface area contributed by atoms with Crippen molar-refractivity contribution in [3.8, 4) is 17.1 Å². The van der Waals surface area contributed by atoms with Crippen LogP contribution in [-0.2, 0) is 24.8 Å². The number of anilines is 1. The van der Waals surface area contributed by atoms with Crippen LogP contribution < -0.4 is 10.1 Å². The van der Waals surface area contributed by atoms with E-state index < -0.39 is 5.97 Å². The Morgan fingerprint density at radius 3 is 2.53 bits per heavy atom. The number of carboxylic acids is 1. The number of aryl methyl sites for hydroxylation is 2. The smallest absolute Gasteiger partial charge is 0.303 e. The number of unbranched alkanes of at least 4 members (excludes halogenated alkanes) is 1. The Kier molecular flexibility index (Phi) is 7.47. The molecule has 0 amide bonds. The summed E-state index contributed by atoms with van der Waals surface area (Å²) < 4.78 is 7.38. The normalized spacial score (nSPS) is 11.2. The van der Waals surface area contributed by atoms with Crippen molar-refractivity contribution < 1.29 is 14.6 Å². The molecule has 0 saturated carbocycles. The van der Waals surface area contributed by atoms with Gasteiger partial charge in [-0.25, -0.2) is 9.97 Å². The predicted molar refractivity (Wildman–Crippen MR) is 152 cm³/mol. The lowest BCUT2D eigenvalue weighted by Crippen LogP contribution is -2.05. The first-order valence-electron chi connectivity index (χ1n) is 12.6. The number of methoxy groups -OCH3 is 1. The molecule has 2 N–H and O–H groups in total. The lowest BCUT2D eigenvalue weighted by Gasteiger charge is -2.12. The van der Waals surface area contributed by atoms with Crippen LogP contribution in [0.4, 0.5) is 5.82 Å². The Balaban J connectivity index is 1.48. The molecule has 0 aliphatic rings. The van der Waals surface area contributed by atoms with Crippen LogP contribution in [0.3, 0.4) is 0 Å². The van der Waals surface area contributed by atoms with Crippen molar-refractivity contribution in [1.29, 1.82) is 0 Å². The van der Waals surface area contributed by atoms with Gasteiger partial charge in [0.2, 0.25) is 0 Å². The zero-order valence-corrected chi connectivity index (χ0v) is 22.1. The Morgan fingerprint density at radius 1 is 1.03 bits per heavy atom. The van der Waals surface area contributed by atoms with Gasteiger partial charge in [-0.05, 0) is 48.6 Å². The van der Waals surface area contributed by atoms with E-state index in [4.69, 9.17) is 31.4 Å². The molecule has 0 radical (unpaired) electrons. The van der Waals surface area contributed by atoms with Gasteiger partial charge in [0.1, 0.15) is 17.2 Å². The quantitative estimate of drug-likeness (QED) is 0.192. The van der Waals surface area contributed by atoms with E-state index in [1.807, 2.05) is 49.5 Å². The summed E-state index contributed by atoms with van der Waals surface area (Å²) in [4.78, 5) is 20.7. The van der Waals surface area contributed by atoms with Gasteiger partial charge in [0.15, 0.2) is 5.82 Å². The molecule has 2 heterocycles. The van der Waals surface area contributed by atoms with Crippen molar-refractivity contribution in [2.24, 2.45) is 7.05 Å². The molecule has 38 heavy (non-hydrogen) atoms. The lowest BCUT2D eigenvalue weighted by atomic mass is 10.0. The zero-order valence-electron chi connectivity index (χ0n) is 21.4. The maximum absolute atomic E-state index is 10.8. The summed E-state index contributed by atoms with van der Waals surface area (Å²) >= 11 is 6.35. The van der Waals surface area contributed by atoms with Crippen molar-refractivity contribution in [2.45, 2.75) is 32.2 Å². The van der Waals surface area contributed by atoms with E-state index in [1.54, 1.807) is 7.11 Å². The monoisotopic (exact) mass is 528 g/mol. The van der Waals surface area contributed by atoms with E-state index >= 15 is 0 Å². The summed E-state index contributed by atoms with van der Waals surface area (Å²) in [5.41, 5.74) is 5.03. The molecule has 0 spiro atoms. The second-order valence-corrected chi connectivity index (χ2v) is 9.70. The summed E-state index contributed by atoms with van der Waals surface area (Å²) in [6, 6.07) is 22.2. The van der Waals surface area contributed by atoms with Crippen molar-refractivity contribution >= 4 is 45.3 Å². The van der Waals surface area contributed by atoms with Crippen LogP contribution in [0.15, 0.2) is 66.7 Å². The highest BCUT2D eigenvalue weighted by molar-refractivity contribution is 6.32. The van der Waals surface area contributed by atoms with Crippen LogP contribution in [0.5, 0.6) is 5.75 Å². The molecule has 7 nitrogen and oxygen atoms in total. The molecule has 8 heteroatoms. The van der Waals surface area contributed by atoms with Crippen LogP contribution in [0, 0.1) is 0 Å². The number of fused-ring (bicyclic) bond motifs is 3. The number of aliphatic carboxylic acids is 1. The number of benzene rings is 3. The maximum atomic E-state index is 10.8. The Labute approximate surface area is 226 Å². The number of carbonyl (C=O) groups is 1. The first-order chi connectivity index (χ1) is 18.4. The van der Waals surface area contributed by atoms with Gasteiger partial charge in [0.05, 0.1) is 23.0 Å². The molecule has 0 bridgehead atoms. The fourth-order valence-electron chi connectivity index (χ4n) is 4.72. The summed E-state index contributed by atoms with van der Waals surface area (Å²) in [6.07, 6.45) is 2.56. The molecule has 194 valence electrons. The third kappa shape index (κ3) is 5.29. The minimum atomic E-state index is -0.749. The number of ether oxygens (including phenoxy) is 1. The van der Waals surface area contributed by atoms with Crippen LogP contribution >= 0.6 is 11.6 Å². The number of aromatic nitrogens is 3. The Morgan fingerprint density at radius 2 is 1.79 bits per heavy atom. The lowest BCUT2D eigenvalue weighted by molar-refractivity contribution is -0.137. The Hall–Kier alpha value is -4.10. The largest absolute Gasteiger partial charge is 0.495 e. The van der Waals surface area contributed by atoms with Gasteiger partial charge >= 0.3 is 5.97 Å². The number of carboxylic acid groups (broad SMARTS) is 1. The summed E-state index contributed by atoms with van der Waals surface area (Å²) in [5, 5.41) is 15.0. The molecule has 5 aromatic rings. The maximum Gasteiger partial charge on any atom is 0.303 e. The standard InChI is InChI=1S/C30H29ClN4O3/c1-35-24-9-5-4-8-22(24)27-29(32-18-20-13-16-25(38-2)23(31)17-20)33-28(34-30(27)35)21-14-11-19(12-15-21)7-3-6-10-26(36)37/h4-5,8-9,11-17H,3,6-7,10,18H2,1-2H3,(H,36,37)(H,32,33,34). The van der Waals surface area contributed by atoms with E-state index in [0.29, 0.717) is 29.6 Å². The average molecular weight is 529 g/mol. The van der Waals surface area contributed by atoms with Gasteiger partial charge in [-0.2, -0.15) is 0 Å². The Bertz CT molecular complexity index is 1610. The van der Waals surface area contributed by atoms with Crippen molar-refractivity contribution in [1.82, 2.24) is 14.5 Å². The fourth-order valence-corrected chi connectivity index (χ4v) is 5.00. The minimum absolute atomic E-state index is 0.204. The molecule has 0 saturated heterocycles. The van der Waals surface area contributed by atoms with Crippen LogP contribution in [0.25, 0.3) is 33.3 Å². The minimum Gasteiger partial charge on any atom is -0.495 e. The van der Waals surface area contributed by atoms with Gasteiger partial charge in [-0.1, -0.05) is 60.1 Å². The van der Waals surface area contributed by atoms with Gasteiger partial charge in [0.25, 0.3) is 0 Å². The molecule has 0 fully saturated rings. The summed E-state index contributed by atoms with van der Waals surface area (Å²) in [7, 11) is 3.62. The summed E-state index contributed by atoms with van der Waals surface area (Å²) in [6.45, 7) is 0.535. The molecule has 5 rings (SSSR count). The average Bonchev–Trinajstić information content (AvgIpc) is 3.22. The molecule has 0 unspecified atom stereocenters. The van der Waals surface area contributed by atoms with E-state index in [-0.39, 0.29) is 6.42 Å². The van der Waals surface area contributed by atoms with Gasteiger partial charge < -0.3 is 19.7 Å². The number of halogens is 1. The first-order valence-corrected chi connectivity index (χ1v) is 12.9. The van der Waals surface area contributed by atoms with Gasteiger partial charge in [-0.3, -0.25) is 4.79 Å². The number of para-hydroxylation sites is 1. The van der Waals surface area contributed by atoms with E-state index in [2.05, 4.69) is 34.1 Å². The molecular formula is C30H29ClN4O3. The second-order valence-electron chi connectivity index (χ2n) is 9.29. The molecule has 0 aliphatic heterocycles. The molecule has 3 aromatic carbocycles. The molecular weight excluding hydrogens is 500 g/mol. The number of nitrogens with zero attached hydrogens (tertiary/aromatic N) is 3. The second kappa shape index (κ2) is 11.1. The molecule has 0 aliphatic carbocycles. The molecule has 0 atom stereocenters. The summed E-state index contributed by atoms with van der Waals surface area (Å²) in [5.74, 6) is 1.28. The highest BCUT2D eigenvalue weighted by Crippen LogP contribution is 2.34. The van der Waals surface area contributed by atoms with Crippen LogP contribution in [-0.4, -0.2) is 32.7 Å². The third-order valence-electron chi connectivity index (χ3n) is 6.74. The highest BCUT2D eigenvalue weighted by Gasteiger charge is 2.17. The van der Waals surface area contributed by atoms with Crippen molar-refractivity contribution in [3.63, 3.8) is 0 Å². The van der Waals surface area contributed by atoms with Crippen LogP contribution in [0.2, 0.25) is 5.02 Å². The highest BCUT2D eigenvalue weighted by atomic mass is 35.5.